The smallest absolute Gasteiger partial charge is 0.254 e. The Hall–Kier alpha value is -1.39. The molecule has 0 spiro atoms. The first-order valence-corrected chi connectivity index (χ1v) is 7.59. The molecule has 0 bridgehead atoms. The van der Waals surface area contributed by atoms with Crippen molar-refractivity contribution in [2.24, 2.45) is 5.92 Å². The predicted molar refractivity (Wildman–Crippen MR) is 84.0 cm³/mol. The van der Waals surface area contributed by atoms with Gasteiger partial charge in [0.05, 0.1) is 6.61 Å². The molecule has 1 atom stereocenters. The SMILES string of the molecule is CC(C)C(CCCCO)N(C)C(=O)c1ccccc1CO. The van der Waals surface area contributed by atoms with Gasteiger partial charge in [-0.25, -0.2) is 0 Å². The molecule has 0 aromatic heterocycles. The van der Waals surface area contributed by atoms with Crippen LogP contribution < -0.4 is 0 Å². The summed E-state index contributed by atoms with van der Waals surface area (Å²) in [4.78, 5) is 14.4. The molecule has 1 unspecified atom stereocenters. The second kappa shape index (κ2) is 8.80. The molecule has 4 nitrogen and oxygen atoms in total. The number of hydrogen-bond donors (Lipinski definition) is 2. The van der Waals surface area contributed by atoms with Crippen LogP contribution >= 0.6 is 0 Å². The van der Waals surface area contributed by atoms with Crippen molar-refractivity contribution in [3.8, 4) is 0 Å². The van der Waals surface area contributed by atoms with E-state index in [9.17, 15) is 9.90 Å². The summed E-state index contributed by atoms with van der Waals surface area (Å²) in [6.07, 6.45) is 2.54. The van der Waals surface area contributed by atoms with Crippen LogP contribution in [0.15, 0.2) is 24.3 Å². The maximum Gasteiger partial charge on any atom is 0.254 e. The van der Waals surface area contributed by atoms with E-state index in [2.05, 4.69) is 13.8 Å². The molecular weight excluding hydrogens is 266 g/mol. The highest BCUT2D eigenvalue weighted by molar-refractivity contribution is 5.95. The van der Waals surface area contributed by atoms with Crippen LogP contribution in [0.3, 0.4) is 0 Å². The summed E-state index contributed by atoms with van der Waals surface area (Å²) in [5.41, 5.74) is 1.22. The first-order valence-electron chi connectivity index (χ1n) is 7.59. The molecule has 2 N–H and O–H groups in total. The minimum absolute atomic E-state index is 0.0534. The number of unbranched alkanes of at least 4 members (excludes halogenated alkanes) is 1. The Morgan fingerprint density at radius 3 is 2.43 bits per heavy atom. The zero-order chi connectivity index (χ0) is 15.8. The van der Waals surface area contributed by atoms with Crippen LogP contribution in [0.2, 0.25) is 0 Å². The fourth-order valence-corrected chi connectivity index (χ4v) is 2.65. The lowest BCUT2D eigenvalue weighted by Crippen LogP contribution is -2.40. The van der Waals surface area contributed by atoms with Gasteiger partial charge in [-0.05, 0) is 36.8 Å². The van der Waals surface area contributed by atoms with E-state index in [0.717, 1.165) is 19.3 Å². The van der Waals surface area contributed by atoms with Crippen molar-refractivity contribution in [3.63, 3.8) is 0 Å². The molecule has 0 fully saturated rings. The van der Waals surface area contributed by atoms with Crippen LogP contribution in [0.4, 0.5) is 0 Å². The van der Waals surface area contributed by atoms with Crippen LogP contribution in [0.1, 0.15) is 49.0 Å². The number of benzene rings is 1. The summed E-state index contributed by atoms with van der Waals surface area (Å²) in [6, 6.07) is 7.31. The average Bonchev–Trinajstić information content (AvgIpc) is 2.49. The normalized spacial score (nSPS) is 12.5. The van der Waals surface area contributed by atoms with Crippen molar-refractivity contribution < 1.29 is 15.0 Å². The first-order chi connectivity index (χ1) is 10.0. The topological polar surface area (TPSA) is 60.8 Å². The molecule has 0 aliphatic heterocycles. The molecule has 1 rings (SSSR count). The van der Waals surface area contributed by atoms with E-state index in [0.29, 0.717) is 17.0 Å². The van der Waals surface area contributed by atoms with Crippen molar-refractivity contribution in [1.29, 1.82) is 0 Å². The van der Waals surface area contributed by atoms with Crippen molar-refractivity contribution in [3.05, 3.63) is 35.4 Å². The molecule has 0 radical (unpaired) electrons. The molecule has 1 aromatic carbocycles. The lowest BCUT2D eigenvalue weighted by Gasteiger charge is -2.32. The fraction of sp³-hybridized carbons (Fsp3) is 0.588. The van der Waals surface area contributed by atoms with Crippen molar-refractivity contribution in [1.82, 2.24) is 4.90 Å². The van der Waals surface area contributed by atoms with Crippen LogP contribution in [0.5, 0.6) is 0 Å². The second-order valence-electron chi connectivity index (χ2n) is 5.76. The molecule has 0 saturated heterocycles. The van der Waals surface area contributed by atoms with Gasteiger partial charge in [0.25, 0.3) is 5.91 Å². The van der Waals surface area contributed by atoms with Crippen molar-refractivity contribution in [2.75, 3.05) is 13.7 Å². The second-order valence-corrected chi connectivity index (χ2v) is 5.76. The average molecular weight is 293 g/mol. The number of rotatable bonds is 8. The number of nitrogens with zero attached hydrogens (tertiary/aromatic N) is 1. The highest BCUT2D eigenvalue weighted by Gasteiger charge is 2.24. The Morgan fingerprint density at radius 1 is 1.19 bits per heavy atom. The molecule has 4 heteroatoms. The highest BCUT2D eigenvalue weighted by Crippen LogP contribution is 2.20. The van der Waals surface area contributed by atoms with Gasteiger partial charge >= 0.3 is 0 Å². The van der Waals surface area contributed by atoms with Gasteiger partial charge in [-0.15, -0.1) is 0 Å². The number of carbonyl (C=O) groups excluding carboxylic acids is 1. The molecule has 1 aromatic rings. The van der Waals surface area contributed by atoms with Gasteiger partial charge < -0.3 is 15.1 Å². The van der Waals surface area contributed by atoms with Crippen LogP contribution in [-0.2, 0) is 6.61 Å². The fourth-order valence-electron chi connectivity index (χ4n) is 2.65. The number of aliphatic hydroxyl groups is 2. The van der Waals surface area contributed by atoms with Crippen molar-refractivity contribution in [2.45, 2.75) is 45.8 Å². The molecule has 1 amide bonds. The number of aliphatic hydroxyl groups excluding tert-OH is 2. The highest BCUT2D eigenvalue weighted by atomic mass is 16.3. The summed E-state index contributed by atoms with van der Waals surface area (Å²) in [5.74, 6) is 0.293. The van der Waals surface area contributed by atoms with Gasteiger partial charge in [-0.2, -0.15) is 0 Å². The lowest BCUT2D eigenvalue weighted by molar-refractivity contribution is 0.0670. The van der Waals surface area contributed by atoms with Gasteiger partial charge in [-0.1, -0.05) is 32.0 Å². The van der Waals surface area contributed by atoms with Gasteiger partial charge in [0, 0.05) is 25.3 Å². The summed E-state index contributed by atoms with van der Waals surface area (Å²) in [7, 11) is 1.82. The van der Waals surface area contributed by atoms with E-state index in [1.807, 2.05) is 19.2 Å². The van der Waals surface area contributed by atoms with Crippen LogP contribution in [0, 0.1) is 5.92 Å². The molecule has 118 valence electrons. The van der Waals surface area contributed by atoms with Gasteiger partial charge in [-0.3, -0.25) is 4.79 Å². The summed E-state index contributed by atoms with van der Waals surface area (Å²) < 4.78 is 0. The van der Waals surface area contributed by atoms with E-state index >= 15 is 0 Å². The van der Waals surface area contributed by atoms with Crippen LogP contribution in [0.25, 0.3) is 0 Å². The maximum atomic E-state index is 12.7. The third-order valence-corrected chi connectivity index (χ3v) is 3.91. The van der Waals surface area contributed by atoms with E-state index < -0.39 is 0 Å². The Bertz CT molecular complexity index is 445. The minimum Gasteiger partial charge on any atom is -0.396 e. The Kier molecular flexibility index (Phi) is 7.40. The van der Waals surface area contributed by atoms with Gasteiger partial charge in [0.1, 0.15) is 0 Å². The first kappa shape index (κ1) is 17.7. The van der Waals surface area contributed by atoms with E-state index in [-0.39, 0.29) is 25.2 Å². The number of hydrogen-bond acceptors (Lipinski definition) is 3. The van der Waals surface area contributed by atoms with Gasteiger partial charge in [0.15, 0.2) is 0 Å². The number of amides is 1. The Labute approximate surface area is 127 Å². The third kappa shape index (κ3) is 4.83. The number of carbonyl (C=O) groups is 1. The quantitative estimate of drug-likeness (QED) is 0.724. The molecule has 0 heterocycles. The molecular formula is C17H27NO3. The van der Waals surface area contributed by atoms with E-state index in [4.69, 9.17) is 5.11 Å². The minimum atomic E-state index is -0.132. The van der Waals surface area contributed by atoms with E-state index in [1.54, 1.807) is 17.0 Å². The molecule has 0 saturated carbocycles. The monoisotopic (exact) mass is 293 g/mol. The molecule has 0 aliphatic rings. The van der Waals surface area contributed by atoms with Crippen molar-refractivity contribution >= 4 is 5.91 Å². The zero-order valence-corrected chi connectivity index (χ0v) is 13.2. The van der Waals surface area contributed by atoms with Crippen LogP contribution in [-0.4, -0.2) is 40.7 Å². The largest absolute Gasteiger partial charge is 0.396 e. The maximum absolute atomic E-state index is 12.7. The van der Waals surface area contributed by atoms with Gasteiger partial charge in [0.2, 0.25) is 0 Å². The molecule has 0 aliphatic carbocycles. The van der Waals surface area contributed by atoms with E-state index in [1.165, 1.54) is 0 Å². The lowest BCUT2D eigenvalue weighted by atomic mass is 9.95. The molecule has 21 heavy (non-hydrogen) atoms. The predicted octanol–water partition coefficient (Wildman–Crippen LogP) is 2.44. The summed E-state index contributed by atoms with van der Waals surface area (Å²) in [6.45, 7) is 4.26. The summed E-state index contributed by atoms with van der Waals surface area (Å²) >= 11 is 0. The zero-order valence-electron chi connectivity index (χ0n) is 13.2. The standard InChI is InChI=1S/C17H27NO3/c1-13(2)16(10-6-7-11-19)18(3)17(21)15-9-5-4-8-14(15)12-20/h4-5,8-9,13,16,19-20H,6-7,10-12H2,1-3H3. The summed E-state index contributed by atoms with van der Waals surface area (Å²) in [5, 5.41) is 18.3. The Morgan fingerprint density at radius 2 is 1.86 bits per heavy atom. The Balaban J connectivity index is 2.87. The third-order valence-electron chi connectivity index (χ3n) is 3.91.